The molecule has 0 amide bonds. The highest BCUT2D eigenvalue weighted by molar-refractivity contribution is 5.19. The fourth-order valence-corrected chi connectivity index (χ4v) is 6.83. The topological polar surface area (TPSA) is 55.4 Å². The Morgan fingerprint density at radius 1 is 0.520 bits per heavy atom. The summed E-state index contributed by atoms with van der Waals surface area (Å²) in [6.07, 6.45) is 2.47. The maximum atomic E-state index is 7.14. The zero-order valence-electron chi connectivity index (χ0n) is 29.7. The highest BCUT2D eigenvalue weighted by Crippen LogP contribution is 2.45. The largest absolute Gasteiger partial charge is 0.369 e. The lowest BCUT2D eigenvalue weighted by Gasteiger charge is -2.56. The van der Waals surface area contributed by atoms with Crippen LogP contribution in [0.4, 0.5) is 0 Å². The zero-order chi connectivity index (χ0) is 34.9. The first kappa shape index (κ1) is 37.6. The maximum absolute atomic E-state index is 7.14. The quantitative estimate of drug-likeness (QED) is 0.0647. The van der Waals surface area contributed by atoms with E-state index in [0.717, 1.165) is 41.5 Å². The molecule has 0 heterocycles. The molecule has 0 aliphatic heterocycles. The average molecular weight is 679 g/mol. The van der Waals surface area contributed by atoms with Crippen molar-refractivity contribution >= 4 is 0 Å². The Balaban J connectivity index is 1.63. The molecular weight excluding hydrogens is 624 g/mol. The normalized spacial score (nSPS) is 23.4. The van der Waals surface area contributed by atoms with Crippen LogP contribution in [0.2, 0.25) is 0 Å². The summed E-state index contributed by atoms with van der Waals surface area (Å²) in [5.74, 6) is 0. The van der Waals surface area contributed by atoms with Crippen molar-refractivity contribution in [1.82, 2.24) is 0 Å². The van der Waals surface area contributed by atoms with Crippen LogP contribution < -0.4 is 0 Å². The first-order valence-electron chi connectivity index (χ1n) is 18.2. The molecule has 0 radical (unpaired) electrons. The third kappa shape index (κ3) is 10.2. The maximum Gasteiger partial charge on any atom is 0.126 e. The second-order valence-electron chi connectivity index (χ2n) is 13.0. The number of unbranched alkanes of at least 4 members (excludes halogenated alkanes) is 1. The molecule has 0 aromatic heterocycles. The van der Waals surface area contributed by atoms with Gasteiger partial charge >= 0.3 is 0 Å². The van der Waals surface area contributed by atoms with E-state index < -0.39 is 36.1 Å². The third-order valence-corrected chi connectivity index (χ3v) is 9.24. The molecular formula is C44H54O6. The van der Waals surface area contributed by atoms with Crippen LogP contribution in [0.1, 0.15) is 61.8 Å². The van der Waals surface area contributed by atoms with E-state index in [0.29, 0.717) is 46.1 Å². The van der Waals surface area contributed by atoms with Crippen LogP contribution in [0.25, 0.3) is 0 Å². The van der Waals surface area contributed by atoms with Gasteiger partial charge in [-0.15, -0.1) is 6.58 Å². The molecule has 0 bridgehead atoms. The van der Waals surface area contributed by atoms with Gasteiger partial charge < -0.3 is 28.4 Å². The summed E-state index contributed by atoms with van der Waals surface area (Å²) in [5, 5.41) is 0. The molecule has 0 unspecified atom stereocenters. The molecule has 6 heteroatoms. The van der Waals surface area contributed by atoms with Crippen LogP contribution in [-0.4, -0.2) is 49.3 Å². The van der Waals surface area contributed by atoms with Gasteiger partial charge in [0.2, 0.25) is 0 Å². The summed E-state index contributed by atoms with van der Waals surface area (Å²) in [6, 6.07) is 41.0. The molecule has 1 saturated carbocycles. The Bertz CT molecular complexity index is 1480. The zero-order valence-corrected chi connectivity index (χ0v) is 29.7. The van der Waals surface area contributed by atoms with Crippen molar-refractivity contribution in [1.29, 1.82) is 0 Å². The lowest BCUT2D eigenvalue weighted by molar-refractivity contribution is -0.325. The van der Waals surface area contributed by atoms with Crippen molar-refractivity contribution in [3.8, 4) is 0 Å². The van der Waals surface area contributed by atoms with Crippen molar-refractivity contribution in [2.45, 2.75) is 102 Å². The summed E-state index contributed by atoms with van der Waals surface area (Å²) in [5.41, 5.74) is 3.36. The van der Waals surface area contributed by atoms with Crippen LogP contribution in [-0.2, 0) is 54.8 Å². The Morgan fingerprint density at radius 2 is 0.920 bits per heavy atom. The lowest BCUT2D eigenvalue weighted by Crippen LogP contribution is -2.74. The summed E-state index contributed by atoms with van der Waals surface area (Å²) in [7, 11) is 0. The van der Waals surface area contributed by atoms with E-state index in [2.05, 4.69) is 69.0 Å². The predicted molar refractivity (Wildman–Crippen MR) is 199 cm³/mol. The molecule has 6 atom stereocenters. The number of rotatable bonds is 21. The van der Waals surface area contributed by atoms with E-state index in [4.69, 9.17) is 28.4 Å². The minimum Gasteiger partial charge on any atom is -0.369 e. The van der Waals surface area contributed by atoms with Gasteiger partial charge in [-0.2, -0.15) is 0 Å². The standard InChI is InChI=1S/C44H54O6/c1-4-7-30-50-44(28-5-2)42(45-29-6-3)40(47-32-36-22-14-9-15-23-36)39(46-31-35-20-12-8-13-21-35)41(48-33-37-24-16-10-17-25-37)43(44)49-34-38-26-18-11-19-27-38/h6,8-27,39-43H,3-5,7,28-34H2,1-2H3/t39-,40+,41+,42+,43-,44+/m1/s1. The van der Waals surface area contributed by atoms with Gasteiger partial charge in [0.1, 0.15) is 36.1 Å². The van der Waals surface area contributed by atoms with Crippen molar-refractivity contribution in [3.05, 3.63) is 156 Å². The first-order chi connectivity index (χ1) is 24.7. The lowest BCUT2D eigenvalue weighted by atomic mass is 9.71. The SMILES string of the molecule is C=CCO[C@H]1[C@@H](OCc2ccccc2)[C@@H](OCc2ccccc2)[C@H](OCc2ccccc2)[C@@H](OCc2ccccc2)[C@@]1(CCC)OCCCC. The van der Waals surface area contributed by atoms with Gasteiger partial charge in [-0.1, -0.05) is 154 Å². The fourth-order valence-electron chi connectivity index (χ4n) is 6.83. The Kier molecular flexibility index (Phi) is 15.3. The average Bonchev–Trinajstić information content (AvgIpc) is 3.16. The summed E-state index contributed by atoms with van der Waals surface area (Å²) >= 11 is 0. The second-order valence-corrected chi connectivity index (χ2v) is 13.0. The molecule has 1 aliphatic carbocycles. The molecule has 266 valence electrons. The van der Waals surface area contributed by atoms with Crippen LogP contribution in [0.5, 0.6) is 0 Å². The minimum atomic E-state index is -0.906. The van der Waals surface area contributed by atoms with Crippen LogP contribution in [0.3, 0.4) is 0 Å². The number of ether oxygens (including phenoxy) is 6. The van der Waals surface area contributed by atoms with Crippen molar-refractivity contribution in [3.63, 3.8) is 0 Å². The first-order valence-corrected chi connectivity index (χ1v) is 18.2. The molecule has 50 heavy (non-hydrogen) atoms. The summed E-state index contributed by atoms with van der Waals surface area (Å²) < 4.78 is 42.0. The number of benzene rings is 4. The van der Waals surface area contributed by atoms with Crippen LogP contribution in [0, 0.1) is 0 Å². The molecule has 1 fully saturated rings. The Hall–Kier alpha value is -3.62. The van der Waals surface area contributed by atoms with Crippen molar-refractivity contribution in [2.24, 2.45) is 0 Å². The third-order valence-electron chi connectivity index (χ3n) is 9.24. The summed E-state index contributed by atoms with van der Waals surface area (Å²) in [4.78, 5) is 0. The van der Waals surface area contributed by atoms with Crippen LogP contribution >= 0.6 is 0 Å². The monoisotopic (exact) mass is 678 g/mol. The van der Waals surface area contributed by atoms with E-state index >= 15 is 0 Å². The van der Waals surface area contributed by atoms with Crippen molar-refractivity contribution < 1.29 is 28.4 Å². The Morgan fingerprint density at radius 3 is 1.32 bits per heavy atom. The smallest absolute Gasteiger partial charge is 0.126 e. The molecule has 0 N–H and O–H groups in total. The fraction of sp³-hybridized carbons (Fsp3) is 0.409. The van der Waals surface area contributed by atoms with Gasteiger partial charge in [0.05, 0.1) is 33.0 Å². The van der Waals surface area contributed by atoms with Gasteiger partial charge in [-0.3, -0.25) is 0 Å². The van der Waals surface area contributed by atoms with E-state index in [9.17, 15) is 0 Å². The van der Waals surface area contributed by atoms with Crippen molar-refractivity contribution in [2.75, 3.05) is 13.2 Å². The molecule has 4 aromatic carbocycles. The van der Waals surface area contributed by atoms with Gasteiger partial charge in [0, 0.05) is 6.61 Å². The molecule has 6 nitrogen and oxygen atoms in total. The molecule has 1 aliphatic rings. The van der Waals surface area contributed by atoms with Gasteiger partial charge in [-0.25, -0.2) is 0 Å². The van der Waals surface area contributed by atoms with Gasteiger partial charge in [0.15, 0.2) is 0 Å². The number of hydrogen-bond acceptors (Lipinski definition) is 6. The predicted octanol–water partition coefficient (Wildman–Crippen LogP) is 9.27. The Labute approximate surface area is 299 Å². The molecule has 0 spiro atoms. The van der Waals surface area contributed by atoms with E-state index in [1.807, 2.05) is 72.8 Å². The molecule has 5 rings (SSSR count). The van der Waals surface area contributed by atoms with Gasteiger partial charge in [0.25, 0.3) is 0 Å². The number of hydrogen-bond donors (Lipinski definition) is 0. The van der Waals surface area contributed by atoms with E-state index in [-0.39, 0.29) is 0 Å². The van der Waals surface area contributed by atoms with Gasteiger partial charge in [-0.05, 0) is 35.1 Å². The minimum absolute atomic E-state index is 0.324. The molecule has 0 saturated heterocycles. The van der Waals surface area contributed by atoms with E-state index in [1.54, 1.807) is 6.08 Å². The summed E-state index contributed by atoms with van der Waals surface area (Å²) in [6.45, 7) is 10.8. The van der Waals surface area contributed by atoms with Crippen LogP contribution in [0.15, 0.2) is 134 Å². The van der Waals surface area contributed by atoms with E-state index in [1.165, 1.54) is 0 Å². The highest BCUT2D eigenvalue weighted by Gasteiger charge is 2.63. The second kappa shape index (κ2) is 20.3. The highest BCUT2D eigenvalue weighted by atomic mass is 16.6. The molecule has 4 aromatic rings.